The molecule has 4 heteroatoms. The number of phenols is 2. The van der Waals surface area contributed by atoms with Gasteiger partial charge in [0.1, 0.15) is 0 Å². The van der Waals surface area contributed by atoms with Gasteiger partial charge in [-0.1, -0.05) is 26.0 Å². The second-order valence-electron chi connectivity index (χ2n) is 3.32. The first-order chi connectivity index (χ1) is 6.11. The van der Waals surface area contributed by atoms with Gasteiger partial charge >= 0.3 is 17.1 Å². The van der Waals surface area contributed by atoms with Crippen LogP contribution in [0.5, 0.6) is 11.5 Å². The summed E-state index contributed by atoms with van der Waals surface area (Å²) >= 11 is 0. The van der Waals surface area contributed by atoms with Crippen LogP contribution in [0.25, 0.3) is 0 Å². The number of para-hydroxylation sites is 1. The fourth-order valence-corrected chi connectivity index (χ4v) is 1.03. The van der Waals surface area contributed by atoms with Gasteiger partial charge in [-0.15, -0.1) is 0 Å². The van der Waals surface area contributed by atoms with Crippen LogP contribution in [-0.2, 0) is 23.6 Å². The number of aromatic hydroxyl groups is 2. The zero-order valence-corrected chi connectivity index (χ0v) is 9.37. The second-order valence-corrected chi connectivity index (χ2v) is 3.32. The van der Waals surface area contributed by atoms with Crippen molar-refractivity contribution in [1.82, 2.24) is 5.32 Å². The van der Waals surface area contributed by atoms with Crippen molar-refractivity contribution in [1.29, 1.82) is 0 Å². The van der Waals surface area contributed by atoms with Gasteiger partial charge in [-0.05, 0) is 6.07 Å². The van der Waals surface area contributed by atoms with Crippen molar-refractivity contribution in [2.24, 2.45) is 0 Å². The molecule has 77 valence electrons. The molecule has 0 saturated carbocycles. The Hall–Kier alpha value is -0.701. The third-order valence-electron chi connectivity index (χ3n) is 1.80. The second kappa shape index (κ2) is 5.91. The molecule has 3 nitrogen and oxygen atoms in total. The molecular formula is C10H15FeNO2+3. The average Bonchev–Trinajstić information content (AvgIpc) is 2.07. The predicted octanol–water partition coefficient (Wildman–Crippen LogP) is 1.59. The Bertz CT molecular complexity index is 289. The summed E-state index contributed by atoms with van der Waals surface area (Å²) in [6, 6.07) is 5.33. The Labute approximate surface area is 94.6 Å². The molecule has 3 N–H and O–H groups in total. The average molecular weight is 237 g/mol. The zero-order valence-electron chi connectivity index (χ0n) is 8.26. The summed E-state index contributed by atoms with van der Waals surface area (Å²) in [5.41, 5.74) is 0.716. The Morgan fingerprint density at radius 3 is 2.50 bits per heavy atom. The molecule has 0 unspecified atom stereocenters. The SMILES string of the molecule is CC(C)NCc1cccc(O)c1O.[Fe+3]. The van der Waals surface area contributed by atoms with Crippen molar-refractivity contribution >= 4 is 0 Å². The van der Waals surface area contributed by atoms with E-state index < -0.39 is 0 Å². The minimum Gasteiger partial charge on any atom is -0.504 e. The minimum atomic E-state index is -0.0666. The molecular weight excluding hydrogens is 222 g/mol. The van der Waals surface area contributed by atoms with Gasteiger partial charge in [0.2, 0.25) is 0 Å². The maximum Gasteiger partial charge on any atom is 3.00 e. The summed E-state index contributed by atoms with van der Waals surface area (Å²) in [4.78, 5) is 0. The molecule has 1 rings (SSSR count). The molecule has 0 heterocycles. The molecule has 0 spiro atoms. The fraction of sp³-hybridized carbons (Fsp3) is 0.400. The van der Waals surface area contributed by atoms with E-state index in [4.69, 9.17) is 0 Å². The van der Waals surface area contributed by atoms with Crippen molar-refractivity contribution in [2.45, 2.75) is 26.4 Å². The molecule has 0 aliphatic rings. The van der Waals surface area contributed by atoms with Crippen molar-refractivity contribution in [3.8, 4) is 11.5 Å². The van der Waals surface area contributed by atoms with Gasteiger partial charge in [-0.2, -0.15) is 0 Å². The van der Waals surface area contributed by atoms with Gasteiger partial charge < -0.3 is 15.5 Å². The van der Waals surface area contributed by atoms with E-state index in [1.54, 1.807) is 12.1 Å². The summed E-state index contributed by atoms with van der Waals surface area (Å²) < 4.78 is 0. The van der Waals surface area contributed by atoms with Crippen LogP contribution in [0.3, 0.4) is 0 Å². The molecule has 0 saturated heterocycles. The molecule has 0 amide bonds. The van der Waals surface area contributed by atoms with Gasteiger partial charge in [-0.3, -0.25) is 0 Å². The van der Waals surface area contributed by atoms with Gasteiger partial charge in [-0.25, -0.2) is 0 Å². The van der Waals surface area contributed by atoms with Crippen LogP contribution in [0.4, 0.5) is 0 Å². The van der Waals surface area contributed by atoms with Crippen LogP contribution < -0.4 is 5.32 Å². The topological polar surface area (TPSA) is 52.5 Å². The van der Waals surface area contributed by atoms with Gasteiger partial charge in [0.25, 0.3) is 0 Å². The number of hydrogen-bond acceptors (Lipinski definition) is 3. The first-order valence-corrected chi connectivity index (χ1v) is 4.34. The summed E-state index contributed by atoms with van der Waals surface area (Å²) in [5.74, 6) is -0.0984. The predicted molar refractivity (Wildman–Crippen MR) is 51.7 cm³/mol. The van der Waals surface area contributed by atoms with Crippen LogP contribution in [0, 0.1) is 0 Å². The van der Waals surface area contributed by atoms with Crippen molar-refractivity contribution in [2.75, 3.05) is 0 Å². The van der Waals surface area contributed by atoms with Gasteiger partial charge in [0.15, 0.2) is 11.5 Å². The third-order valence-corrected chi connectivity index (χ3v) is 1.80. The Kier molecular flexibility index (Phi) is 5.62. The number of rotatable bonds is 3. The molecule has 0 aliphatic carbocycles. The first kappa shape index (κ1) is 13.3. The van der Waals surface area contributed by atoms with Gasteiger partial charge in [0, 0.05) is 18.2 Å². The van der Waals surface area contributed by atoms with Crippen molar-refractivity contribution in [3.05, 3.63) is 23.8 Å². The smallest absolute Gasteiger partial charge is 0.504 e. The van der Waals surface area contributed by atoms with Crippen LogP contribution in [-0.4, -0.2) is 16.3 Å². The molecule has 0 fully saturated rings. The largest absolute Gasteiger partial charge is 3.00 e. The van der Waals surface area contributed by atoms with E-state index in [1.165, 1.54) is 6.07 Å². The number of benzene rings is 1. The monoisotopic (exact) mass is 237 g/mol. The quantitative estimate of drug-likeness (QED) is 0.552. The third kappa shape index (κ3) is 3.58. The standard InChI is InChI=1S/C10H15NO2.Fe/c1-7(2)11-6-8-4-3-5-9(12)10(8)13;/h3-5,7,11-13H,6H2,1-2H3;/q;+3. The Morgan fingerprint density at radius 2 is 1.93 bits per heavy atom. The normalized spacial score (nSPS) is 9.93. The van der Waals surface area contributed by atoms with Crippen LogP contribution in [0.15, 0.2) is 18.2 Å². The van der Waals surface area contributed by atoms with Crippen molar-refractivity contribution in [3.63, 3.8) is 0 Å². The Balaban J connectivity index is 0.00000169. The molecule has 0 aliphatic heterocycles. The molecule has 1 aromatic rings. The fourth-order valence-electron chi connectivity index (χ4n) is 1.03. The number of nitrogens with one attached hydrogen (secondary N) is 1. The Morgan fingerprint density at radius 1 is 1.29 bits per heavy atom. The summed E-state index contributed by atoms with van der Waals surface area (Å²) in [7, 11) is 0. The van der Waals surface area contributed by atoms with E-state index in [1.807, 2.05) is 13.8 Å². The van der Waals surface area contributed by atoms with Gasteiger partial charge in [0.05, 0.1) is 0 Å². The van der Waals surface area contributed by atoms with Crippen LogP contribution in [0.1, 0.15) is 19.4 Å². The first-order valence-electron chi connectivity index (χ1n) is 4.34. The number of phenolic OH excluding ortho intramolecular Hbond substituents is 2. The molecule has 14 heavy (non-hydrogen) atoms. The van der Waals surface area contributed by atoms with E-state index >= 15 is 0 Å². The van der Waals surface area contributed by atoms with Crippen LogP contribution in [0.2, 0.25) is 0 Å². The molecule has 1 aromatic carbocycles. The molecule has 0 bridgehead atoms. The van der Waals surface area contributed by atoms with Crippen molar-refractivity contribution < 1.29 is 27.3 Å². The summed E-state index contributed by atoms with van der Waals surface area (Å²) in [6.45, 7) is 4.62. The maximum atomic E-state index is 9.42. The zero-order chi connectivity index (χ0) is 9.84. The van der Waals surface area contributed by atoms with E-state index in [0.717, 1.165) is 0 Å². The van der Waals surface area contributed by atoms with E-state index in [-0.39, 0.29) is 28.6 Å². The van der Waals surface area contributed by atoms with E-state index in [2.05, 4.69) is 5.32 Å². The van der Waals surface area contributed by atoms with E-state index in [9.17, 15) is 10.2 Å². The maximum absolute atomic E-state index is 9.42. The summed E-state index contributed by atoms with van der Waals surface area (Å²) in [6.07, 6.45) is 0. The molecule has 0 atom stereocenters. The van der Waals surface area contributed by atoms with Crippen LogP contribution >= 0.6 is 0 Å². The van der Waals surface area contributed by atoms with E-state index in [0.29, 0.717) is 18.2 Å². The summed E-state index contributed by atoms with van der Waals surface area (Å²) in [5, 5.41) is 21.8. The minimum absolute atomic E-state index is 0. The molecule has 0 aromatic heterocycles. The number of hydrogen-bond donors (Lipinski definition) is 3. The molecule has 1 radical (unpaired) electrons.